The molecule has 0 aliphatic rings. The number of nitrogens with zero attached hydrogens (tertiary/aromatic N) is 3. The second-order valence-corrected chi connectivity index (χ2v) is 6.67. The second kappa shape index (κ2) is 8.65. The summed E-state index contributed by atoms with van der Waals surface area (Å²) in [5.41, 5.74) is 3.42. The summed E-state index contributed by atoms with van der Waals surface area (Å²) in [5.74, 6) is 1.95. The molecule has 0 fully saturated rings. The Labute approximate surface area is 155 Å². The van der Waals surface area contributed by atoms with Gasteiger partial charge in [-0.1, -0.05) is 43.2 Å². The van der Waals surface area contributed by atoms with Crippen molar-refractivity contribution in [3.8, 4) is 5.75 Å². The third-order valence-corrected chi connectivity index (χ3v) is 4.55. The minimum atomic E-state index is 0.631. The normalized spacial score (nSPS) is 10.9. The van der Waals surface area contributed by atoms with Crippen LogP contribution in [0.3, 0.4) is 0 Å². The van der Waals surface area contributed by atoms with Crippen molar-refractivity contribution in [2.24, 2.45) is 0 Å². The van der Waals surface area contributed by atoms with Gasteiger partial charge in [-0.25, -0.2) is 9.97 Å². The van der Waals surface area contributed by atoms with Gasteiger partial charge in [0.2, 0.25) is 0 Å². The minimum Gasteiger partial charge on any atom is -0.491 e. The number of anilines is 1. The van der Waals surface area contributed by atoms with Gasteiger partial charge >= 0.3 is 0 Å². The van der Waals surface area contributed by atoms with Crippen LogP contribution in [0, 0.1) is 13.8 Å². The third kappa shape index (κ3) is 4.31. The molecule has 1 aromatic heterocycles. The number of rotatable bonds is 8. The van der Waals surface area contributed by atoms with E-state index in [1.165, 1.54) is 11.1 Å². The van der Waals surface area contributed by atoms with Gasteiger partial charge in [-0.2, -0.15) is 0 Å². The molecule has 0 saturated carbocycles. The topological polar surface area (TPSA) is 38.2 Å². The Morgan fingerprint density at radius 3 is 2.65 bits per heavy atom. The molecular formula is C22H27N3O. The summed E-state index contributed by atoms with van der Waals surface area (Å²) in [7, 11) is 0. The highest BCUT2D eigenvalue weighted by Gasteiger charge is 2.12. The SMILES string of the molecule is CCCCN(CCOc1ccc(C)cc1C)c1ncnc2ccccc12. The van der Waals surface area contributed by atoms with Crippen LogP contribution in [-0.2, 0) is 0 Å². The zero-order valence-corrected chi connectivity index (χ0v) is 15.9. The molecule has 4 nitrogen and oxygen atoms in total. The van der Waals surface area contributed by atoms with E-state index in [9.17, 15) is 0 Å². The van der Waals surface area contributed by atoms with E-state index in [2.05, 4.69) is 59.9 Å². The van der Waals surface area contributed by atoms with Crippen LogP contribution in [0.1, 0.15) is 30.9 Å². The molecule has 0 spiro atoms. The van der Waals surface area contributed by atoms with Crippen LogP contribution >= 0.6 is 0 Å². The Kier molecular flexibility index (Phi) is 6.05. The predicted octanol–water partition coefficient (Wildman–Crippen LogP) is 4.93. The molecule has 136 valence electrons. The molecule has 26 heavy (non-hydrogen) atoms. The van der Waals surface area contributed by atoms with Gasteiger partial charge in [0, 0.05) is 11.9 Å². The predicted molar refractivity (Wildman–Crippen MR) is 108 cm³/mol. The minimum absolute atomic E-state index is 0.631. The van der Waals surface area contributed by atoms with E-state index in [1.54, 1.807) is 6.33 Å². The van der Waals surface area contributed by atoms with Gasteiger partial charge in [-0.3, -0.25) is 0 Å². The Balaban J connectivity index is 1.75. The van der Waals surface area contributed by atoms with Crippen LogP contribution in [0.15, 0.2) is 48.8 Å². The molecule has 3 aromatic rings. The van der Waals surface area contributed by atoms with E-state index in [0.717, 1.165) is 48.4 Å². The van der Waals surface area contributed by atoms with Gasteiger partial charge in [0.05, 0.1) is 12.1 Å². The monoisotopic (exact) mass is 349 g/mol. The van der Waals surface area contributed by atoms with Gasteiger partial charge < -0.3 is 9.64 Å². The Hall–Kier alpha value is -2.62. The first kappa shape index (κ1) is 18.2. The second-order valence-electron chi connectivity index (χ2n) is 6.67. The average Bonchev–Trinajstić information content (AvgIpc) is 2.66. The molecule has 0 atom stereocenters. The molecule has 2 aromatic carbocycles. The number of benzene rings is 2. The Bertz CT molecular complexity index is 858. The van der Waals surface area contributed by atoms with Crippen molar-refractivity contribution in [3.63, 3.8) is 0 Å². The first-order chi connectivity index (χ1) is 12.7. The summed E-state index contributed by atoms with van der Waals surface area (Å²) in [6.45, 7) is 8.80. The van der Waals surface area contributed by atoms with E-state index >= 15 is 0 Å². The smallest absolute Gasteiger partial charge is 0.139 e. The van der Waals surface area contributed by atoms with Crippen molar-refractivity contribution in [2.75, 3.05) is 24.6 Å². The summed E-state index contributed by atoms with van der Waals surface area (Å²) in [5, 5.41) is 1.10. The summed E-state index contributed by atoms with van der Waals surface area (Å²) >= 11 is 0. The van der Waals surface area contributed by atoms with Gasteiger partial charge in [-0.15, -0.1) is 0 Å². The van der Waals surface area contributed by atoms with Crippen LogP contribution in [0.5, 0.6) is 5.75 Å². The molecule has 0 radical (unpaired) electrons. The lowest BCUT2D eigenvalue weighted by atomic mass is 10.1. The number of ether oxygens (including phenoxy) is 1. The maximum Gasteiger partial charge on any atom is 0.139 e. The lowest BCUT2D eigenvalue weighted by Gasteiger charge is -2.25. The van der Waals surface area contributed by atoms with Crippen molar-refractivity contribution in [3.05, 3.63) is 59.9 Å². The van der Waals surface area contributed by atoms with Crippen molar-refractivity contribution >= 4 is 16.7 Å². The highest BCUT2D eigenvalue weighted by molar-refractivity contribution is 5.89. The summed E-state index contributed by atoms with van der Waals surface area (Å²) in [4.78, 5) is 11.3. The van der Waals surface area contributed by atoms with Gasteiger partial charge in [0.1, 0.15) is 24.5 Å². The fraction of sp³-hybridized carbons (Fsp3) is 0.364. The van der Waals surface area contributed by atoms with E-state index in [-0.39, 0.29) is 0 Å². The van der Waals surface area contributed by atoms with Crippen LogP contribution < -0.4 is 9.64 Å². The maximum absolute atomic E-state index is 6.05. The fourth-order valence-corrected chi connectivity index (χ4v) is 3.14. The molecule has 0 aliphatic carbocycles. The number of hydrogen-bond donors (Lipinski definition) is 0. The molecule has 0 N–H and O–H groups in total. The molecular weight excluding hydrogens is 322 g/mol. The number of aryl methyl sites for hydroxylation is 2. The molecule has 0 saturated heterocycles. The summed E-state index contributed by atoms with van der Waals surface area (Å²) in [6, 6.07) is 14.5. The molecule has 0 bridgehead atoms. The third-order valence-electron chi connectivity index (χ3n) is 4.55. The lowest BCUT2D eigenvalue weighted by Crippen LogP contribution is -2.30. The lowest BCUT2D eigenvalue weighted by molar-refractivity contribution is 0.321. The highest BCUT2D eigenvalue weighted by Crippen LogP contribution is 2.23. The van der Waals surface area contributed by atoms with Gasteiger partial charge in [-0.05, 0) is 44.0 Å². The quantitative estimate of drug-likeness (QED) is 0.578. The molecule has 0 amide bonds. The molecule has 1 heterocycles. The van der Waals surface area contributed by atoms with Crippen molar-refractivity contribution in [1.29, 1.82) is 0 Å². The van der Waals surface area contributed by atoms with Gasteiger partial charge in [0.15, 0.2) is 0 Å². The zero-order valence-electron chi connectivity index (χ0n) is 15.9. The molecule has 3 rings (SSSR count). The number of fused-ring (bicyclic) bond motifs is 1. The summed E-state index contributed by atoms with van der Waals surface area (Å²) in [6.07, 6.45) is 3.93. The number of para-hydroxylation sites is 1. The first-order valence-corrected chi connectivity index (χ1v) is 9.33. The van der Waals surface area contributed by atoms with E-state index in [0.29, 0.717) is 6.61 Å². The molecule has 4 heteroatoms. The molecule has 0 aliphatic heterocycles. The van der Waals surface area contributed by atoms with Crippen LogP contribution in [0.4, 0.5) is 5.82 Å². The maximum atomic E-state index is 6.05. The van der Waals surface area contributed by atoms with Crippen LogP contribution in [0.25, 0.3) is 10.9 Å². The van der Waals surface area contributed by atoms with Crippen LogP contribution in [-0.4, -0.2) is 29.7 Å². The van der Waals surface area contributed by atoms with Crippen molar-refractivity contribution in [1.82, 2.24) is 9.97 Å². The standard InChI is InChI=1S/C22H27N3O/c1-4-5-12-25(13-14-26-21-11-10-17(2)15-18(21)3)22-19-8-6-7-9-20(19)23-16-24-22/h6-11,15-16H,4-5,12-14H2,1-3H3. The van der Waals surface area contributed by atoms with Gasteiger partial charge in [0.25, 0.3) is 0 Å². The fourth-order valence-electron chi connectivity index (χ4n) is 3.14. The average molecular weight is 349 g/mol. The molecule has 0 unspecified atom stereocenters. The van der Waals surface area contributed by atoms with Crippen molar-refractivity contribution in [2.45, 2.75) is 33.6 Å². The summed E-state index contributed by atoms with van der Waals surface area (Å²) < 4.78 is 6.05. The highest BCUT2D eigenvalue weighted by atomic mass is 16.5. The van der Waals surface area contributed by atoms with E-state index in [1.807, 2.05) is 18.2 Å². The Morgan fingerprint density at radius 1 is 1.00 bits per heavy atom. The number of unbranched alkanes of at least 4 members (excludes halogenated alkanes) is 1. The Morgan fingerprint density at radius 2 is 1.85 bits per heavy atom. The van der Waals surface area contributed by atoms with Crippen molar-refractivity contribution < 1.29 is 4.74 Å². The van der Waals surface area contributed by atoms with E-state index < -0.39 is 0 Å². The number of aromatic nitrogens is 2. The first-order valence-electron chi connectivity index (χ1n) is 9.33. The van der Waals surface area contributed by atoms with E-state index in [4.69, 9.17) is 4.74 Å². The number of hydrogen-bond acceptors (Lipinski definition) is 4. The zero-order chi connectivity index (χ0) is 18.4. The largest absolute Gasteiger partial charge is 0.491 e. The van der Waals surface area contributed by atoms with Crippen LogP contribution in [0.2, 0.25) is 0 Å².